The monoisotopic (exact) mass is 181 g/mol. The normalized spacial score (nSPS) is 21.2. The van der Waals surface area contributed by atoms with Crippen molar-refractivity contribution >= 4 is 0 Å². The van der Waals surface area contributed by atoms with Crippen LogP contribution < -0.4 is 5.32 Å². The van der Waals surface area contributed by atoms with Gasteiger partial charge in [-0.05, 0) is 30.7 Å². The molecule has 0 radical (unpaired) electrons. The summed E-state index contributed by atoms with van der Waals surface area (Å²) in [6, 6.07) is 4.90. The number of hydrogen-bond acceptors (Lipinski definition) is 2. The third kappa shape index (κ3) is 1.57. The number of benzene rings is 1. The van der Waals surface area contributed by atoms with Crippen LogP contribution in [0.4, 0.5) is 4.39 Å². The third-order valence-corrected chi connectivity index (χ3v) is 2.44. The van der Waals surface area contributed by atoms with Crippen LogP contribution in [-0.2, 0) is 6.61 Å². The van der Waals surface area contributed by atoms with E-state index in [2.05, 4.69) is 5.32 Å². The van der Waals surface area contributed by atoms with Gasteiger partial charge in [-0.1, -0.05) is 6.07 Å². The lowest BCUT2D eigenvalue weighted by Crippen LogP contribution is -2.35. The maximum Gasteiger partial charge on any atom is 0.128 e. The number of rotatable bonds is 2. The summed E-state index contributed by atoms with van der Waals surface area (Å²) >= 11 is 0. The molecular weight excluding hydrogens is 169 g/mol. The van der Waals surface area contributed by atoms with Gasteiger partial charge < -0.3 is 10.4 Å². The molecule has 1 unspecified atom stereocenters. The van der Waals surface area contributed by atoms with E-state index in [0.717, 1.165) is 18.5 Å². The summed E-state index contributed by atoms with van der Waals surface area (Å²) in [6.07, 6.45) is 0.978. The lowest BCUT2D eigenvalue weighted by Gasteiger charge is -2.28. The Hall–Kier alpha value is -0.930. The van der Waals surface area contributed by atoms with Gasteiger partial charge in [-0.15, -0.1) is 0 Å². The fraction of sp³-hybridized carbons (Fsp3) is 0.400. The van der Waals surface area contributed by atoms with Crippen molar-refractivity contribution in [2.24, 2.45) is 0 Å². The van der Waals surface area contributed by atoms with Crippen molar-refractivity contribution in [3.05, 3.63) is 35.1 Å². The molecule has 13 heavy (non-hydrogen) atoms. The van der Waals surface area contributed by atoms with Gasteiger partial charge in [0, 0.05) is 11.6 Å². The van der Waals surface area contributed by atoms with Crippen molar-refractivity contribution in [3.8, 4) is 0 Å². The van der Waals surface area contributed by atoms with Crippen LogP contribution in [-0.4, -0.2) is 11.7 Å². The lowest BCUT2D eigenvalue weighted by atomic mass is 9.96. The van der Waals surface area contributed by atoms with Crippen LogP contribution in [0.15, 0.2) is 18.2 Å². The van der Waals surface area contributed by atoms with E-state index in [0.29, 0.717) is 5.56 Å². The van der Waals surface area contributed by atoms with Gasteiger partial charge in [0.15, 0.2) is 0 Å². The molecule has 70 valence electrons. The fourth-order valence-corrected chi connectivity index (χ4v) is 1.51. The summed E-state index contributed by atoms with van der Waals surface area (Å²) in [5, 5.41) is 12.0. The Morgan fingerprint density at radius 3 is 2.85 bits per heavy atom. The highest BCUT2D eigenvalue weighted by Gasteiger charge is 2.21. The number of hydrogen-bond donors (Lipinski definition) is 2. The second kappa shape index (κ2) is 3.44. The van der Waals surface area contributed by atoms with Crippen molar-refractivity contribution in [3.63, 3.8) is 0 Å². The number of nitrogens with one attached hydrogen (secondary N) is 1. The molecule has 2 nitrogen and oxygen atoms in total. The van der Waals surface area contributed by atoms with E-state index >= 15 is 0 Å². The van der Waals surface area contributed by atoms with Gasteiger partial charge in [-0.2, -0.15) is 0 Å². The van der Waals surface area contributed by atoms with Gasteiger partial charge in [0.25, 0.3) is 0 Å². The molecule has 2 rings (SSSR count). The lowest BCUT2D eigenvalue weighted by molar-refractivity contribution is 0.281. The van der Waals surface area contributed by atoms with E-state index in [4.69, 9.17) is 5.11 Å². The Labute approximate surface area is 76.4 Å². The van der Waals surface area contributed by atoms with Gasteiger partial charge in [0.1, 0.15) is 5.82 Å². The Kier molecular flexibility index (Phi) is 2.29. The van der Waals surface area contributed by atoms with E-state index in [1.165, 1.54) is 6.07 Å². The predicted molar refractivity (Wildman–Crippen MR) is 47.7 cm³/mol. The molecule has 1 atom stereocenters. The number of aliphatic hydroxyl groups excluding tert-OH is 1. The molecule has 0 bridgehead atoms. The predicted octanol–water partition coefficient (Wildman–Crippen LogP) is 1.35. The smallest absolute Gasteiger partial charge is 0.128 e. The van der Waals surface area contributed by atoms with Gasteiger partial charge in [-0.3, -0.25) is 0 Å². The summed E-state index contributed by atoms with van der Waals surface area (Å²) < 4.78 is 13.3. The Morgan fingerprint density at radius 1 is 1.54 bits per heavy atom. The molecule has 1 aromatic carbocycles. The maximum absolute atomic E-state index is 13.3. The average molecular weight is 181 g/mol. The third-order valence-electron chi connectivity index (χ3n) is 2.44. The van der Waals surface area contributed by atoms with Crippen molar-refractivity contribution < 1.29 is 9.50 Å². The first-order chi connectivity index (χ1) is 6.31. The molecule has 1 aliphatic rings. The minimum absolute atomic E-state index is 0.0278. The standard InChI is InChI=1S/C10H12FNO/c11-9-2-1-7(6-13)5-8(9)10-3-4-12-10/h1-2,5,10,12-13H,3-4,6H2. The van der Waals surface area contributed by atoms with E-state index in [1.807, 2.05) is 0 Å². The highest BCUT2D eigenvalue weighted by atomic mass is 19.1. The van der Waals surface area contributed by atoms with Crippen molar-refractivity contribution in [1.29, 1.82) is 0 Å². The van der Waals surface area contributed by atoms with Crippen LogP contribution in [0.5, 0.6) is 0 Å². The first-order valence-electron chi connectivity index (χ1n) is 4.44. The van der Waals surface area contributed by atoms with Crippen LogP contribution in [0, 0.1) is 5.82 Å². The summed E-state index contributed by atoms with van der Waals surface area (Å²) in [5.74, 6) is -0.186. The molecule has 0 amide bonds. The Bertz CT molecular complexity index is 310. The first-order valence-corrected chi connectivity index (χ1v) is 4.44. The molecule has 2 N–H and O–H groups in total. The molecule has 0 aromatic heterocycles. The van der Waals surface area contributed by atoms with Crippen LogP contribution >= 0.6 is 0 Å². The quantitative estimate of drug-likeness (QED) is 0.721. The topological polar surface area (TPSA) is 32.3 Å². The summed E-state index contributed by atoms with van der Waals surface area (Å²) in [5.41, 5.74) is 1.45. The van der Waals surface area contributed by atoms with E-state index in [9.17, 15) is 4.39 Å². The second-order valence-corrected chi connectivity index (χ2v) is 3.31. The zero-order valence-corrected chi connectivity index (χ0v) is 7.26. The maximum atomic E-state index is 13.3. The largest absolute Gasteiger partial charge is 0.392 e. The van der Waals surface area contributed by atoms with Crippen molar-refractivity contribution in [1.82, 2.24) is 5.32 Å². The zero-order valence-electron chi connectivity index (χ0n) is 7.26. The average Bonchev–Trinajstić information content (AvgIpc) is 2.06. The molecule has 0 saturated carbocycles. The zero-order chi connectivity index (χ0) is 9.26. The van der Waals surface area contributed by atoms with E-state index in [1.54, 1.807) is 12.1 Å². The second-order valence-electron chi connectivity index (χ2n) is 3.31. The SMILES string of the molecule is OCc1ccc(F)c(C2CCN2)c1. The van der Waals surface area contributed by atoms with Crippen molar-refractivity contribution in [2.75, 3.05) is 6.54 Å². The molecule has 0 spiro atoms. The van der Waals surface area contributed by atoms with Crippen LogP contribution in [0.25, 0.3) is 0 Å². The molecule has 3 heteroatoms. The Morgan fingerprint density at radius 2 is 2.31 bits per heavy atom. The van der Waals surface area contributed by atoms with Crippen LogP contribution in [0.3, 0.4) is 0 Å². The fourth-order valence-electron chi connectivity index (χ4n) is 1.51. The summed E-state index contributed by atoms with van der Waals surface area (Å²) in [4.78, 5) is 0. The van der Waals surface area contributed by atoms with E-state index < -0.39 is 0 Å². The minimum Gasteiger partial charge on any atom is -0.392 e. The molecule has 1 aliphatic heterocycles. The molecule has 1 fully saturated rings. The van der Waals surface area contributed by atoms with Gasteiger partial charge in [0.2, 0.25) is 0 Å². The van der Waals surface area contributed by atoms with Crippen LogP contribution in [0.2, 0.25) is 0 Å². The summed E-state index contributed by atoms with van der Waals surface area (Å²) in [7, 11) is 0. The number of halogens is 1. The van der Waals surface area contributed by atoms with Gasteiger partial charge in [-0.25, -0.2) is 4.39 Å². The van der Waals surface area contributed by atoms with Gasteiger partial charge in [0.05, 0.1) is 6.61 Å². The highest BCUT2D eigenvalue weighted by Crippen LogP contribution is 2.25. The molecule has 1 heterocycles. The Balaban J connectivity index is 2.30. The van der Waals surface area contributed by atoms with Crippen LogP contribution in [0.1, 0.15) is 23.6 Å². The summed E-state index contributed by atoms with van der Waals surface area (Å²) in [6.45, 7) is 0.924. The molecule has 1 saturated heterocycles. The number of aliphatic hydroxyl groups is 1. The van der Waals surface area contributed by atoms with Crippen molar-refractivity contribution in [2.45, 2.75) is 19.1 Å². The van der Waals surface area contributed by atoms with Gasteiger partial charge >= 0.3 is 0 Å². The van der Waals surface area contributed by atoms with E-state index in [-0.39, 0.29) is 18.5 Å². The first kappa shape index (κ1) is 8.66. The molecular formula is C10H12FNO. The molecule has 1 aromatic rings. The molecule has 0 aliphatic carbocycles. The highest BCUT2D eigenvalue weighted by molar-refractivity contribution is 5.28. The minimum atomic E-state index is -0.186.